The molecule has 0 bridgehead atoms. The van der Waals surface area contributed by atoms with Crippen molar-refractivity contribution in [1.29, 1.82) is 0 Å². The molecule has 0 aromatic heterocycles. The van der Waals surface area contributed by atoms with Gasteiger partial charge >= 0.3 is 6.18 Å². The summed E-state index contributed by atoms with van der Waals surface area (Å²) < 4.78 is 38.0. The van der Waals surface area contributed by atoms with Crippen LogP contribution in [0.1, 0.15) is 17.5 Å². The van der Waals surface area contributed by atoms with Crippen LogP contribution in [0.15, 0.2) is 48.5 Å². The first-order valence-corrected chi connectivity index (χ1v) is 7.73. The molecule has 0 radical (unpaired) electrons. The molecule has 0 unspecified atom stereocenters. The number of amides is 1. The number of carbonyl (C=O) groups excluding carboxylic acids is 1. The molecule has 24 heavy (non-hydrogen) atoms. The highest BCUT2D eigenvalue weighted by molar-refractivity contribution is 5.91. The van der Waals surface area contributed by atoms with E-state index < -0.39 is 11.7 Å². The van der Waals surface area contributed by atoms with Gasteiger partial charge in [-0.1, -0.05) is 24.3 Å². The molecule has 1 N–H and O–H groups in total. The molecule has 1 aliphatic heterocycles. The van der Waals surface area contributed by atoms with Crippen molar-refractivity contribution in [3.63, 3.8) is 0 Å². The predicted molar refractivity (Wildman–Crippen MR) is 87.0 cm³/mol. The Hall–Kier alpha value is -2.50. The maximum absolute atomic E-state index is 12.7. The second-order valence-electron chi connectivity index (χ2n) is 5.74. The highest BCUT2D eigenvalue weighted by atomic mass is 19.4. The van der Waals surface area contributed by atoms with E-state index in [9.17, 15) is 18.0 Å². The van der Waals surface area contributed by atoms with Gasteiger partial charge in [-0.05, 0) is 36.2 Å². The molecule has 0 aliphatic carbocycles. The average Bonchev–Trinajstić information content (AvgIpc) is 2.96. The van der Waals surface area contributed by atoms with Crippen LogP contribution >= 0.6 is 0 Å². The fourth-order valence-corrected chi connectivity index (χ4v) is 2.87. The highest BCUT2D eigenvalue weighted by Gasteiger charge is 2.30. The first-order valence-electron chi connectivity index (χ1n) is 7.73. The van der Waals surface area contributed by atoms with Crippen LogP contribution in [0.3, 0.4) is 0 Å². The first-order chi connectivity index (χ1) is 11.4. The summed E-state index contributed by atoms with van der Waals surface area (Å²) in [6, 6.07) is 12.7. The van der Waals surface area contributed by atoms with Crippen molar-refractivity contribution < 1.29 is 18.0 Å². The van der Waals surface area contributed by atoms with Gasteiger partial charge in [-0.2, -0.15) is 13.2 Å². The Bertz CT molecular complexity index is 743. The minimum atomic E-state index is -4.42. The molecule has 2 aromatic carbocycles. The second-order valence-corrected chi connectivity index (χ2v) is 5.74. The summed E-state index contributed by atoms with van der Waals surface area (Å²) in [4.78, 5) is 14.1. The summed E-state index contributed by atoms with van der Waals surface area (Å²) in [6.45, 7) is 1.40. The summed E-state index contributed by atoms with van der Waals surface area (Å²) in [5.41, 5.74) is 1.78. The smallest absolute Gasteiger partial charge is 0.370 e. The third kappa shape index (κ3) is 3.69. The number of nitrogens with zero attached hydrogens (tertiary/aromatic N) is 1. The van der Waals surface area contributed by atoms with Crippen molar-refractivity contribution in [1.82, 2.24) is 0 Å². The van der Waals surface area contributed by atoms with Gasteiger partial charge in [0, 0.05) is 30.9 Å². The fourth-order valence-electron chi connectivity index (χ4n) is 2.87. The molecule has 3 rings (SSSR count). The Morgan fingerprint density at radius 1 is 1.12 bits per heavy atom. The van der Waals surface area contributed by atoms with Gasteiger partial charge in [0.15, 0.2) is 0 Å². The Kier molecular flexibility index (Phi) is 4.46. The molecular formula is C18H17F3N2O. The number of benzene rings is 2. The lowest BCUT2D eigenvalue weighted by atomic mass is 10.2. The van der Waals surface area contributed by atoms with Crippen LogP contribution < -0.4 is 10.2 Å². The lowest BCUT2D eigenvalue weighted by molar-refractivity contribution is -0.137. The van der Waals surface area contributed by atoms with Crippen LogP contribution in [-0.2, 0) is 17.4 Å². The van der Waals surface area contributed by atoms with E-state index >= 15 is 0 Å². The van der Waals surface area contributed by atoms with Crippen LogP contribution in [-0.4, -0.2) is 19.0 Å². The number of halogens is 3. The minimum absolute atomic E-state index is 0.164. The van der Waals surface area contributed by atoms with E-state index in [2.05, 4.69) is 16.3 Å². The maximum Gasteiger partial charge on any atom is 0.416 e. The van der Waals surface area contributed by atoms with Crippen LogP contribution in [0.25, 0.3) is 0 Å². The van der Waals surface area contributed by atoms with Crippen LogP contribution in [0.5, 0.6) is 0 Å². The Balaban J connectivity index is 1.57. The molecule has 1 heterocycles. The summed E-state index contributed by atoms with van der Waals surface area (Å²) in [6.07, 6.45) is -3.24. The molecule has 0 atom stereocenters. The fraction of sp³-hybridized carbons (Fsp3) is 0.278. The van der Waals surface area contributed by atoms with Crippen molar-refractivity contribution in [2.45, 2.75) is 19.0 Å². The van der Waals surface area contributed by atoms with Gasteiger partial charge in [-0.15, -0.1) is 0 Å². The molecule has 3 nitrogen and oxygen atoms in total. The number of anilines is 2. The number of carbonyl (C=O) groups is 1. The van der Waals surface area contributed by atoms with Crippen molar-refractivity contribution in [3.8, 4) is 0 Å². The quantitative estimate of drug-likeness (QED) is 0.913. The number of alkyl halides is 3. The van der Waals surface area contributed by atoms with E-state index in [1.54, 1.807) is 0 Å². The van der Waals surface area contributed by atoms with Crippen molar-refractivity contribution in [2.24, 2.45) is 0 Å². The summed E-state index contributed by atoms with van der Waals surface area (Å²) in [7, 11) is 0. The van der Waals surface area contributed by atoms with Gasteiger partial charge in [0.25, 0.3) is 0 Å². The third-order valence-corrected chi connectivity index (χ3v) is 4.07. The topological polar surface area (TPSA) is 32.3 Å². The standard InChI is InChI=1S/C18H17F3N2O/c19-18(20,21)14-5-3-6-15(12-14)22-17(24)9-11-23-10-8-13-4-1-2-7-16(13)23/h1-7,12H,8-11H2,(H,22,24). The maximum atomic E-state index is 12.7. The highest BCUT2D eigenvalue weighted by Crippen LogP contribution is 2.31. The second kappa shape index (κ2) is 6.55. The largest absolute Gasteiger partial charge is 0.416 e. The number of rotatable bonds is 4. The lowest BCUT2D eigenvalue weighted by Crippen LogP contribution is -2.26. The van der Waals surface area contributed by atoms with E-state index in [1.165, 1.54) is 17.7 Å². The number of hydrogen-bond donors (Lipinski definition) is 1. The van der Waals surface area contributed by atoms with Crippen LogP contribution in [0.4, 0.5) is 24.5 Å². The molecule has 0 saturated carbocycles. The van der Waals surface area contributed by atoms with Crippen LogP contribution in [0.2, 0.25) is 0 Å². The van der Waals surface area contributed by atoms with E-state index in [0.29, 0.717) is 6.54 Å². The molecule has 0 fully saturated rings. The molecule has 0 spiro atoms. The Morgan fingerprint density at radius 2 is 1.92 bits per heavy atom. The molecule has 0 saturated heterocycles. The van der Waals surface area contributed by atoms with E-state index in [1.807, 2.05) is 18.2 Å². The predicted octanol–water partition coefficient (Wildman–Crippen LogP) is 4.10. The number of hydrogen-bond acceptors (Lipinski definition) is 2. The molecule has 6 heteroatoms. The number of para-hydroxylation sites is 1. The zero-order chi connectivity index (χ0) is 17.2. The molecular weight excluding hydrogens is 317 g/mol. The van der Waals surface area contributed by atoms with Gasteiger partial charge in [0.2, 0.25) is 5.91 Å². The first kappa shape index (κ1) is 16.4. The van der Waals surface area contributed by atoms with Crippen molar-refractivity contribution in [3.05, 3.63) is 59.7 Å². The lowest BCUT2D eigenvalue weighted by Gasteiger charge is -2.19. The SMILES string of the molecule is O=C(CCN1CCc2ccccc21)Nc1cccc(C(F)(F)F)c1. The van der Waals surface area contributed by atoms with Crippen molar-refractivity contribution >= 4 is 17.3 Å². The third-order valence-electron chi connectivity index (χ3n) is 4.07. The monoisotopic (exact) mass is 334 g/mol. The van der Waals surface area contributed by atoms with Crippen LogP contribution in [0, 0.1) is 0 Å². The Morgan fingerprint density at radius 3 is 2.71 bits per heavy atom. The van der Waals surface area contributed by atoms with E-state index in [-0.39, 0.29) is 18.0 Å². The summed E-state index contributed by atoms with van der Waals surface area (Å²) in [5, 5.41) is 2.54. The number of nitrogens with one attached hydrogen (secondary N) is 1. The van der Waals surface area contributed by atoms with Crippen molar-refractivity contribution in [2.75, 3.05) is 23.3 Å². The normalized spacial score (nSPS) is 13.7. The molecule has 2 aromatic rings. The molecule has 126 valence electrons. The molecule has 1 aliphatic rings. The van der Waals surface area contributed by atoms with Gasteiger partial charge < -0.3 is 10.2 Å². The number of fused-ring (bicyclic) bond motifs is 1. The summed E-state index contributed by atoms with van der Waals surface area (Å²) in [5.74, 6) is -0.293. The van der Waals surface area contributed by atoms with Gasteiger partial charge in [0.1, 0.15) is 0 Å². The van der Waals surface area contributed by atoms with Gasteiger partial charge in [0.05, 0.1) is 5.56 Å². The molecule has 1 amide bonds. The zero-order valence-corrected chi connectivity index (χ0v) is 12.9. The van der Waals surface area contributed by atoms with Gasteiger partial charge in [-0.3, -0.25) is 4.79 Å². The van der Waals surface area contributed by atoms with Gasteiger partial charge in [-0.25, -0.2) is 0 Å². The van der Waals surface area contributed by atoms with E-state index in [0.717, 1.165) is 30.8 Å². The summed E-state index contributed by atoms with van der Waals surface area (Å²) >= 11 is 0. The average molecular weight is 334 g/mol. The van der Waals surface area contributed by atoms with E-state index in [4.69, 9.17) is 0 Å². The minimum Gasteiger partial charge on any atom is -0.370 e. The zero-order valence-electron chi connectivity index (χ0n) is 12.9. The Labute approximate surface area is 138 Å².